The second kappa shape index (κ2) is 6.65. The van der Waals surface area contributed by atoms with E-state index in [1.165, 1.54) is 23.5 Å². The van der Waals surface area contributed by atoms with E-state index in [1.54, 1.807) is 6.08 Å². The van der Waals surface area contributed by atoms with Crippen molar-refractivity contribution in [1.29, 1.82) is 0 Å². The summed E-state index contributed by atoms with van der Waals surface area (Å²) in [6.45, 7) is 8.07. The topological polar surface area (TPSA) is 66.9 Å². The first-order valence-electron chi connectivity index (χ1n) is 6.65. The fraction of sp³-hybridized carbons (Fsp3) is 0.188. The van der Waals surface area contributed by atoms with Crippen molar-refractivity contribution in [3.63, 3.8) is 0 Å². The number of carbonyl (C=O) groups excluding carboxylic acids is 1. The Morgan fingerprint density at radius 1 is 1.24 bits per heavy atom. The molecule has 5 heteroatoms. The van der Waals surface area contributed by atoms with Gasteiger partial charge in [-0.15, -0.1) is 6.58 Å². The van der Waals surface area contributed by atoms with E-state index in [-0.39, 0.29) is 11.6 Å². The molecule has 1 amide bonds. The normalized spacial score (nSPS) is 10.0. The quantitative estimate of drug-likeness (QED) is 0.827. The van der Waals surface area contributed by atoms with Gasteiger partial charge in [0.1, 0.15) is 11.5 Å². The predicted octanol–water partition coefficient (Wildman–Crippen LogP) is 2.75. The lowest BCUT2D eigenvalue weighted by atomic mass is 10.1. The van der Waals surface area contributed by atoms with Crippen LogP contribution in [-0.2, 0) is 0 Å². The highest BCUT2D eigenvalue weighted by Crippen LogP contribution is 2.17. The lowest BCUT2D eigenvalue weighted by Crippen LogP contribution is -2.24. The van der Waals surface area contributed by atoms with Crippen LogP contribution in [0.2, 0.25) is 0 Å². The van der Waals surface area contributed by atoms with Gasteiger partial charge in [-0.2, -0.15) is 0 Å². The Labute approximate surface area is 124 Å². The lowest BCUT2D eigenvalue weighted by molar-refractivity contribution is 0.0952. The summed E-state index contributed by atoms with van der Waals surface area (Å²) in [6.07, 6.45) is 4.60. The molecular weight excluding hydrogens is 264 g/mol. The Kier molecular flexibility index (Phi) is 4.66. The number of nitrogens with zero attached hydrogens (tertiary/aromatic N) is 2. The van der Waals surface area contributed by atoms with Gasteiger partial charge in [0, 0.05) is 12.2 Å². The molecule has 21 heavy (non-hydrogen) atoms. The molecule has 2 aromatic rings. The van der Waals surface area contributed by atoms with Gasteiger partial charge in [0.15, 0.2) is 0 Å². The molecule has 0 bridgehead atoms. The van der Waals surface area contributed by atoms with Crippen molar-refractivity contribution in [3.8, 4) is 0 Å². The van der Waals surface area contributed by atoms with Gasteiger partial charge in [-0.3, -0.25) is 4.79 Å². The van der Waals surface area contributed by atoms with Gasteiger partial charge in [0.2, 0.25) is 0 Å². The average Bonchev–Trinajstić information content (AvgIpc) is 2.49. The number of hydrogen-bond acceptors (Lipinski definition) is 4. The van der Waals surface area contributed by atoms with Crippen LogP contribution in [0.3, 0.4) is 0 Å². The van der Waals surface area contributed by atoms with E-state index in [0.29, 0.717) is 12.4 Å². The molecule has 0 fully saturated rings. The van der Waals surface area contributed by atoms with E-state index in [9.17, 15) is 4.79 Å². The summed E-state index contributed by atoms with van der Waals surface area (Å²) in [7, 11) is 0. The maximum absolute atomic E-state index is 11.7. The zero-order valence-electron chi connectivity index (χ0n) is 12.2. The number of carbonyl (C=O) groups is 1. The summed E-state index contributed by atoms with van der Waals surface area (Å²) >= 11 is 0. The molecule has 0 aliphatic carbocycles. The van der Waals surface area contributed by atoms with Crippen molar-refractivity contribution in [1.82, 2.24) is 15.3 Å². The number of amides is 1. The van der Waals surface area contributed by atoms with E-state index in [1.807, 2.05) is 18.2 Å². The van der Waals surface area contributed by atoms with E-state index in [0.717, 1.165) is 5.69 Å². The molecule has 2 rings (SSSR count). The van der Waals surface area contributed by atoms with Crippen LogP contribution in [0.1, 0.15) is 21.6 Å². The van der Waals surface area contributed by atoms with Crippen LogP contribution in [0.5, 0.6) is 0 Å². The summed E-state index contributed by atoms with van der Waals surface area (Å²) < 4.78 is 0. The molecule has 0 atom stereocenters. The summed E-state index contributed by atoms with van der Waals surface area (Å²) in [5, 5.41) is 5.81. The summed E-state index contributed by atoms with van der Waals surface area (Å²) in [6, 6.07) is 6.07. The van der Waals surface area contributed by atoms with E-state index in [2.05, 4.69) is 41.0 Å². The molecule has 1 aromatic heterocycles. The average molecular weight is 282 g/mol. The molecule has 2 N–H and O–H groups in total. The highest BCUT2D eigenvalue weighted by Gasteiger charge is 2.06. The van der Waals surface area contributed by atoms with Crippen LogP contribution >= 0.6 is 0 Å². The molecule has 0 aliphatic rings. The molecule has 0 saturated carbocycles. The van der Waals surface area contributed by atoms with E-state index < -0.39 is 0 Å². The zero-order valence-corrected chi connectivity index (χ0v) is 12.2. The predicted molar refractivity (Wildman–Crippen MR) is 83.8 cm³/mol. The molecule has 0 spiro atoms. The van der Waals surface area contributed by atoms with Gasteiger partial charge in [0.05, 0.1) is 12.4 Å². The Bertz CT molecular complexity index is 650. The molecular formula is C16H18N4O. The number of nitrogens with one attached hydrogen (secondary N) is 2. The highest BCUT2D eigenvalue weighted by molar-refractivity contribution is 5.92. The van der Waals surface area contributed by atoms with Gasteiger partial charge >= 0.3 is 0 Å². The number of benzene rings is 1. The van der Waals surface area contributed by atoms with Crippen molar-refractivity contribution < 1.29 is 4.79 Å². The van der Waals surface area contributed by atoms with Gasteiger partial charge in [-0.05, 0) is 37.1 Å². The first-order chi connectivity index (χ1) is 10.1. The lowest BCUT2D eigenvalue weighted by Gasteiger charge is -2.08. The fourth-order valence-electron chi connectivity index (χ4n) is 1.73. The maximum atomic E-state index is 11.7. The summed E-state index contributed by atoms with van der Waals surface area (Å²) in [4.78, 5) is 20.0. The third-order valence-corrected chi connectivity index (χ3v) is 3.07. The Hall–Kier alpha value is -2.69. The van der Waals surface area contributed by atoms with Crippen molar-refractivity contribution in [2.75, 3.05) is 11.9 Å². The molecule has 1 aromatic carbocycles. The molecule has 0 unspecified atom stereocenters. The van der Waals surface area contributed by atoms with Crippen molar-refractivity contribution in [2.45, 2.75) is 13.8 Å². The minimum absolute atomic E-state index is 0.264. The Balaban J connectivity index is 2.06. The van der Waals surface area contributed by atoms with E-state index in [4.69, 9.17) is 0 Å². The van der Waals surface area contributed by atoms with Gasteiger partial charge in [-0.1, -0.05) is 12.1 Å². The molecule has 0 aliphatic heterocycles. The van der Waals surface area contributed by atoms with Crippen molar-refractivity contribution in [2.24, 2.45) is 0 Å². The largest absolute Gasteiger partial charge is 0.347 e. The fourth-order valence-corrected chi connectivity index (χ4v) is 1.73. The first kappa shape index (κ1) is 14.7. The molecule has 1 heterocycles. The number of aromatic nitrogens is 2. The molecule has 5 nitrogen and oxygen atoms in total. The van der Waals surface area contributed by atoms with Crippen LogP contribution in [0.25, 0.3) is 0 Å². The van der Waals surface area contributed by atoms with Gasteiger partial charge in [-0.25, -0.2) is 9.97 Å². The van der Waals surface area contributed by atoms with Crippen LogP contribution in [-0.4, -0.2) is 22.4 Å². The Morgan fingerprint density at radius 2 is 2.05 bits per heavy atom. The second-order valence-electron chi connectivity index (χ2n) is 4.71. The second-order valence-corrected chi connectivity index (χ2v) is 4.71. The van der Waals surface area contributed by atoms with Crippen LogP contribution in [0, 0.1) is 13.8 Å². The molecule has 0 radical (unpaired) electrons. The van der Waals surface area contributed by atoms with Gasteiger partial charge in [0.25, 0.3) is 5.91 Å². The molecule has 0 saturated heterocycles. The van der Waals surface area contributed by atoms with E-state index >= 15 is 0 Å². The minimum atomic E-state index is -0.264. The number of hydrogen-bond donors (Lipinski definition) is 2. The monoisotopic (exact) mass is 282 g/mol. The third kappa shape index (κ3) is 3.89. The Morgan fingerprint density at radius 3 is 2.67 bits per heavy atom. The zero-order chi connectivity index (χ0) is 15.2. The third-order valence-electron chi connectivity index (χ3n) is 3.07. The highest BCUT2D eigenvalue weighted by atomic mass is 16.1. The van der Waals surface area contributed by atoms with Crippen LogP contribution < -0.4 is 10.6 Å². The number of anilines is 2. The number of rotatable bonds is 5. The van der Waals surface area contributed by atoms with Crippen molar-refractivity contribution in [3.05, 3.63) is 60.1 Å². The summed E-state index contributed by atoms with van der Waals surface area (Å²) in [5.41, 5.74) is 3.66. The summed E-state index contributed by atoms with van der Waals surface area (Å²) in [5.74, 6) is 0.332. The van der Waals surface area contributed by atoms with Crippen LogP contribution in [0.15, 0.2) is 43.2 Å². The standard InChI is InChI=1S/C16H18N4O/c1-4-7-17-16(21)14-9-19-15(10-18-14)20-13-6-5-11(2)12(3)8-13/h4-6,8-10H,1,7H2,2-3H3,(H,17,21)(H,19,20). The first-order valence-corrected chi connectivity index (χ1v) is 6.65. The number of aryl methyl sites for hydroxylation is 2. The maximum Gasteiger partial charge on any atom is 0.271 e. The van der Waals surface area contributed by atoms with Gasteiger partial charge < -0.3 is 10.6 Å². The molecule has 108 valence electrons. The van der Waals surface area contributed by atoms with Crippen LogP contribution in [0.4, 0.5) is 11.5 Å². The minimum Gasteiger partial charge on any atom is -0.347 e. The van der Waals surface area contributed by atoms with Crippen molar-refractivity contribution >= 4 is 17.4 Å². The smallest absolute Gasteiger partial charge is 0.271 e. The SMILES string of the molecule is C=CCNC(=O)c1cnc(Nc2ccc(C)c(C)c2)cn1.